The number of pyridine rings is 1. The Morgan fingerprint density at radius 2 is 1.98 bits per heavy atom. The number of carbonyl (C=O) groups is 2. The number of anilines is 1. The average molecular weight is 651 g/mol. The number of nitrogens with zero attached hydrogens (tertiary/aromatic N) is 3. The first-order valence-corrected chi connectivity index (χ1v) is 15.8. The molecule has 1 aliphatic rings. The lowest BCUT2D eigenvalue weighted by Gasteiger charge is -2.36. The first-order chi connectivity index (χ1) is 22.1. The van der Waals surface area contributed by atoms with E-state index in [0.717, 1.165) is 43.1 Å². The zero-order valence-electron chi connectivity index (χ0n) is 27.0. The maximum absolute atomic E-state index is 13.4. The smallest absolute Gasteiger partial charge is 0.261 e. The number of methoxy groups -OCH3 is 1. The number of fused-ring (bicyclic) bond motifs is 1. The number of amides is 1. The largest absolute Gasteiger partial charge is 0.389 e. The summed E-state index contributed by atoms with van der Waals surface area (Å²) in [6.07, 6.45) is 3.17. The van der Waals surface area contributed by atoms with Gasteiger partial charge in [0.2, 0.25) is 0 Å². The van der Waals surface area contributed by atoms with Gasteiger partial charge in [-0.3, -0.25) is 14.4 Å². The second-order valence-corrected chi connectivity index (χ2v) is 12.0. The number of nitrogens with one attached hydrogen (secondary N) is 3. The number of hydrogen-bond donors (Lipinski definition) is 4. The number of piperidine rings is 1. The number of halogens is 1. The number of aliphatic hydroxyl groups is 1. The number of carbonyl (C=O) groups excluding carboxylic acids is 2. The highest BCUT2D eigenvalue weighted by atomic mass is 35.5. The monoisotopic (exact) mass is 650 g/mol. The molecule has 3 heterocycles. The molecule has 0 saturated carbocycles. The number of ether oxygens (including phenoxy) is 1. The molecule has 11 nitrogen and oxygen atoms in total. The minimum Gasteiger partial charge on any atom is -0.389 e. The Morgan fingerprint density at radius 1 is 1.24 bits per heavy atom. The molecule has 12 heteroatoms. The fourth-order valence-corrected chi connectivity index (χ4v) is 5.71. The van der Waals surface area contributed by atoms with Crippen molar-refractivity contribution in [2.75, 3.05) is 52.3 Å². The Morgan fingerprint density at radius 3 is 2.61 bits per heavy atom. The van der Waals surface area contributed by atoms with Gasteiger partial charge in [0, 0.05) is 56.6 Å². The van der Waals surface area contributed by atoms with Crippen LogP contribution in [0.25, 0.3) is 22.4 Å². The number of rotatable bonds is 10. The van der Waals surface area contributed by atoms with Crippen LogP contribution in [0.1, 0.15) is 51.6 Å². The number of hydrogen-bond acceptors (Lipinski definition) is 8. The third kappa shape index (κ3) is 8.41. The summed E-state index contributed by atoms with van der Waals surface area (Å²) in [4.78, 5) is 52.5. The van der Waals surface area contributed by atoms with Crippen molar-refractivity contribution in [1.82, 2.24) is 24.8 Å². The summed E-state index contributed by atoms with van der Waals surface area (Å²) in [5.74, 6) is 0.0536. The van der Waals surface area contributed by atoms with Gasteiger partial charge < -0.3 is 34.9 Å². The molecule has 1 unspecified atom stereocenters. The Hall–Kier alpha value is -4.03. The van der Waals surface area contributed by atoms with Gasteiger partial charge in [0.15, 0.2) is 6.29 Å². The number of imidazole rings is 1. The number of benzene rings is 2. The molecule has 1 amide bonds. The van der Waals surface area contributed by atoms with Crippen LogP contribution in [0.4, 0.5) is 5.69 Å². The predicted molar refractivity (Wildman–Crippen MR) is 182 cm³/mol. The van der Waals surface area contributed by atoms with E-state index in [9.17, 15) is 19.5 Å². The number of aromatic nitrogens is 3. The number of aromatic amines is 2. The second-order valence-electron chi connectivity index (χ2n) is 11.6. The van der Waals surface area contributed by atoms with Crippen molar-refractivity contribution in [1.29, 1.82) is 0 Å². The van der Waals surface area contributed by atoms with E-state index in [-0.39, 0.29) is 53.2 Å². The van der Waals surface area contributed by atoms with Crippen LogP contribution in [0.3, 0.4) is 0 Å². The molecule has 46 heavy (non-hydrogen) atoms. The van der Waals surface area contributed by atoms with E-state index in [1.807, 2.05) is 19.1 Å². The molecule has 4 aromatic rings. The van der Waals surface area contributed by atoms with Gasteiger partial charge in [0.05, 0.1) is 35.0 Å². The van der Waals surface area contributed by atoms with E-state index in [0.29, 0.717) is 23.0 Å². The van der Waals surface area contributed by atoms with Crippen LogP contribution in [0.2, 0.25) is 5.02 Å². The van der Waals surface area contributed by atoms with Crippen LogP contribution in [-0.4, -0.2) is 101 Å². The van der Waals surface area contributed by atoms with Gasteiger partial charge in [-0.15, -0.1) is 0 Å². The van der Waals surface area contributed by atoms with Gasteiger partial charge in [-0.2, -0.15) is 0 Å². The molecule has 0 radical (unpaired) electrons. The van der Waals surface area contributed by atoms with Crippen molar-refractivity contribution >= 4 is 40.5 Å². The van der Waals surface area contributed by atoms with Crippen LogP contribution >= 0.6 is 11.6 Å². The average Bonchev–Trinajstić information content (AvgIpc) is 3.47. The lowest BCUT2D eigenvalue weighted by atomic mass is 10.0. The molecule has 0 aliphatic carbocycles. The molecule has 1 fully saturated rings. The van der Waals surface area contributed by atoms with E-state index in [1.54, 1.807) is 30.1 Å². The molecule has 0 bridgehead atoms. The molecule has 1 atom stereocenters. The van der Waals surface area contributed by atoms with Crippen molar-refractivity contribution in [3.63, 3.8) is 0 Å². The summed E-state index contributed by atoms with van der Waals surface area (Å²) in [6.45, 7) is 9.38. The van der Waals surface area contributed by atoms with Crippen molar-refractivity contribution in [2.45, 2.75) is 45.8 Å². The van der Waals surface area contributed by atoms with E-state index in [4.69, 9.17) is 16.3 Å². The predicted octanol–water partition coefficient (Wildman–Crippen LogP) is 4.66. The molecular weight excluding hydrogens is 608 g/mol. The standard InChI is InChI=1S/C26H34N6O5.C8H9Cl/c1-4-32-9-6-17(7-10-32)31(2)26(36)19-12-22-21(11-16(19)14-33)29-24(30-22)23-20(5-8-27-25(23)35)28-13-18(34)15-37-3;1-6-3-4-8(9)7(2)5-6/h5,8,11-12,14,17-18,34H,4,6-7,9-10,13,15H2,1-3H3,(H,29,30)(H2,27,28,35);3-5H,1-2H3. The van der Waals surface area contributed by atoms with Gasteiger partial charge in [0.1, 0.15) is 11.4 Å². The lowest BCUT2D eigenvalue weighted by molar-refractivity contribution is 0.0644. The molecular formula is C34H43ClN6O5. The summed E-state index contributed by atoms with van der Waals surface area (Å²) < 4.78 is 4.95. The fraction of sp³-hybridized carbons (Fsp3) is 0.412. The van der Waals surface area contributed by atoms with Crippen LogP contribution < -0.4 is 10.9 Å². The van der Waals surface area contributed by atoms with Gasteiger partial charge in [-0.1, -0.05) is 36.2 Å². The first-order valence-electron chi connectivity index (χ1n) is 15.4. The number of aliphatic hydroxyl groups excluding tert-OH is 1. The van der Waals surface area contributed by atoms with E-state index >= 15 is 0 Å². The highest BCUT2D eigenvalue weighted by Crippen LogP contribution is 2.27. The normalized spacial score (nSPS) is 14.4. The summed E-state index contributed by atoms with van der Waals surface area (Å²) in [7, 11) is 3.28. The molecule has 4 N–H and O–H groups in total. The zero-order valence-corrected chi connectivity index (χ0v) is 27.8. The fourth-order valence-electron chi connectivity index (χ4n) is 5.59. The molecule has 2 aromatic carbocycles. The van der Waals surface area contributed by atoms with Crippen molar-refractivity contribution < 1.29 is 19.4 Å². The molecule has 1 saturated heterocycles. The summed E-state index contributed by atoms with van der Waals surface area (Å²) in [6, 6.07) is 11.0. The summed E-state index contributed by atoms with van der Waals surface area (Å²) in [5, 5.41) is 13.9. The summed E-state index contributed by atoms with van der Waals surface area (Å²) in [5.41, 5.74) is 4.29. The van der Waals surface area contributed by atoms with Gasteiger partial charge >= 0.3 is 0 Å². The quantitative estimate of drug-likeness (QED) is 0.182. The SMILES string of the molecule is CCN1CCC(N(C)C(=O)c2cc3nc(-c4c(NCC(O)COC)cc[nH]c4=O)[nH]c3cc2C=O)CC1.Cc1ccc(Cl)c(C)c1. The van der Waals surface area contributed by atoms with E-state index < -0.39 is 6.10 Å². The maximum atomic E-state index is 13.4. The first kappa shape index (κ1) is 34.8. The number of likely N-dealkylation sites (tertiary alicyclic amines) is 1. The van der Waals surface area contributed by atoms with Crippen molar-refractivity contribution in [3.8, 4) is 11.4 Å². The van der Waals surface area contributed by atoms with Crippen LogP contribution in [0.15, 0.2) is 47.4 Å². The molecule has 246 valence electrons. The lowest BCUT2D eigenvalue weighted by Crippen LogP contribution is -2.45. The van der Waals surface area contributed by atoms with Crippen molar-refractivity contribution in [3.05, 3.63) is 80.2 Å². The third-order valence-corrected chi connectivity index (χ3v) is 8.71. The zero-order chi connectivity index (χ0) is 33.4. The van der Waals surface area contributed by atoms with Gasteiger partial charge in [-0.25, -0.2) is 4.98 Å². The number of aryl methyl sites for hydroxylation is 2. The van der Waals surface area contributed by atoms with E-state index in [2.05, 4.69) is 45.1 Å². The number of aldehydes is 1. The Balaban J connectivity index is 0.000000459. The number of H-pyrrole nitrogens is 2. The maximum Gasteiger partial charge on any atom is 0.261 e. The molecule has 1 aliphatic heterocycles. The van der Waals surface area contributed by atoms with Crippen molar-refractivity contribution in [2.24, 2.45) is 0 Å². The Labute approximate surface area is 273 Å². The Bertz CT molecular complexity index is 1710. The van der Waals surface area contributed by atoms with Crippen LogP contribution in [0.5, 0.6) is 0 Å². The molecule has 0 spiro atoms. The van der Waals surface area contributed by atoms with E-state index in [1.165, 1.54) is 18.9 Å². The van der Waals surface area contributed by atoms with Gasteiger partial charge in [-0.05, 0) is 63.1 Å². The summed E-state index contributed by atoms with van der Waals surface area (Å²) >= 11 is 5.78. The Kier molecular flexibility index (Phi) is 12.1. The minimum absolute atomic E-state index is 0.102. The second kappa shape index (κ2) is 16.0. The molecule has 5 rings (SSSR count). The topological polar surface area (TPSA) is 144 Å². The highest BCUT2D eigenvalue weighted by molar-refractivity contribution is 6.31. The minimum atomic E-state index is -0.761. The highest BCUT2D eigenvalue weighted by Gasteiger charge is 2.27. The third-order valence-electron chi connectivity index (χ3n) is 8.28. The van der Waals surface area contributed by atoms with Crippen LogP contribution in [0, 0.1) is 13.8 Å². The van der Waals surface area contributed by atoms with Gasteiger partial charge in [0.25, 0.3) is 11.5 Å². The molecule has 2 aromatic heterocycles. The van der Waals surface area contributed by atoms with Crippen LogP contribution in [-0.2, 0) is 4.74 Å².